The lowest BCUT2D eigenvalue weighted by Gasteiger charge is -2.14. The van der Waals surface area contributed by atoms with Crippen LogP contribution in [0.2, 0.25) is 5.02 Å². The van der Waals surface area contributed by atoms with E-state index in [-0.39, 0.29) is 11.1 Å². The molecule has 0 amide bonds. The molecule has 3 rings (SSSR count). The first kappa shape index (κ1) is 14.4. The van der Waals surface area contributed by atoms with Crippen LogP contribution in [0.15, 0.2) is 36.4 Å². The van der Waals surface area contributed by atoms with E-state index >= 15 is 0 Å². The molecule has 2 aromatic rings. The molecule has 1 atom stereocenters. The smallest absolute Gasteiger partial charge is 0.146 e. The van der Waals surface area contributed by atoms with Gasteiger partial charge in [-0.2, -0.15) is 0 Å². The maximum Gasteiger partial charge on any atom is 0.146 e. The minimum atomic E-state index is -0.408. The van der Waals surface area contributed by atoms with Crippen LogP contribution in [-0.4, -0.2) is 6.61 Å². The first-order valence-electron chi connectivity index (χ1n) is 7.09. The van der Waals surface area contributed by atoms with Gasteiger partial charge in [0.25, 0.3) is 0 Å². The lowest BCUT2D eigenvalue weighted by Crippen LogP contribution is -2.13. The summed E-state index contributed by atoms with van der Waals surface area (Å²) in [4.78, 5) is 0. The first-order chi connectivity index (χ1) is 10.1. The van der Waals surface area contributed by atoms with E-state index in [1.165, 1.54) is 17.2 Å². The van der Waals surface area contributed by atoms with Crippen molar-refractivity contribution in [1.29, 1.82) is 0 Å². The van der Waals surface area contributed by atoms with E-state index < -0.39 is 5.82 Å². The predicted octanol–water partition coefficient (Wildman–Crippen LogP) is 4.05. The Labute approximate surface area is 128 Å². The van der Waals surface area contributed by atoms with Crippen molar-refractivity contribution >= 4 is 11.6 Å². The van der Waals surface area contributed by atoms with Gasteiger partial charge in [-0.1, -0.05) is 35.9 Å². The van der Waals surface area contributed by atoms with Crippen LogP contribution >= 0.6 is 11.6 Å². The molecule has 2 N–H and O–H groups in total. The molecule has 1 heterocycles. The van der Waals surface area contributed by atoms with Gasteiger partial charge in [0.1, 0.15) is 11.6 Å². The summed E-state index contributed by atoms with van der Waals surface area (Å²) in [5.41, 5.74) is 9.03. The van der Waals surface area contributed by atoms with Crippen molar-refractivity contribution in [2.24, 2.45) is 5.73 Å². The fourth-order valence-corrected chi connectivity index (χ4v) is 2.86. The highest BCUT2D eigenvalue weighted by molar-refractivity contribution is 6.30. The Morgan fingerprint density at radius 1 is 1.29 bits per heavy atom. The van der Waals surface area contributed by atoms with Crippen LogP contribution in [0.4, 0.5) is 4.39 Å². The van der Waals surface area contributed by atoms with Gasteiger partial charge >= 0.3 is 0 Å². The average molecular weight is 306 g/mol. The molecule has 2 nitrogen and oxygen atoms in total. The molecule has 1 aliphatic rings. The lowest BCUT2D eigenvalue weighted by molar-refractivity contribution is 0.357. The van der Waals surface area contributed by atoms with Gasteiger partial charge in [0.05, 0.1) is 11.6 Å². The summed E-state index contributed by atoms with van der Waals surface area (Å²) in [6.07, 6.45) is 2.44. The Morgan fingerprint density at radius 2 is 2.14 bits per heavy atom. The van der Waals surface area contributed by atoms with E-state index in [0.717, 1.165) is 25.2 Å². The number of hydrogen-bond acceptors (Lipinski definition) is 2. The van der Waals surface area contributed by atoms with Gasteiger partial charge < -0.3 is 10.5 Å². The van der Waals surface area contributed by atoms with Crippen molar-refractivity contribution in [3.05, 3.63) is 63.9 Å². The molecule has 4 heteroatoms. The molecular formula is C17H17ClFNO. The molecule has 0 radical (unpaired) electrons. The van der Waals surface area contributed by atoms with E-state index in [2.05, 4.69) is 6.07 Å². The van der Waals surface area contributed by atoms with E-state index in [1.807, 2.05) is 12.1 Å². The molecule has 2 aromatic carbocycles. The summed E-state index contributed by atoms with van der Waals surface area (Å²) in [6, 6.07) is 10.8. The maximum atomic E-state index is 13.9. The Morgan fingerprint density at radius 3 is 3.00 bits per heavy atom. The highest BCUT2D eigenvalue weighted by Crippen LogP contribution is 2.28. The molecule has 1 unspecified atom stereocenters. The maximum absolute atomic E-state index is 13.9. The summed E-state index contributed by atoms with van der Waals surface area (Å²) < 4.78 is 19.4. The van der Waals surface area contributed by atoms with E-state index in [4.69, 9.17) is 22.1 Å². The van der Waals surface area contributed by atoms with Gasteiger partial charge in [0.15, 0.2) is 0 Å². The van der Waals surface area contributed by atoms with Crippen LogP contribution in [-0.2, 0) is 12.8 Å². The van der Waals surface area contributed by atoms with Crippen molar-refractivity contribution < 1.29 is 9.13 Å². The third kappa shape index (κ3) is 3.04. The largest absolute Gasteiger partial charge is 0.493 e. The number of rotatable bonds is 4. The lowest BCUT2D eigenvalue weighted by atomic mass is 9.98. The van der Waals surface area contributed by atoms with Crippen LogP contribution in [0.5, 0.6) is 5.75 Å². The number of benzene rings is 2. The van der Waals surface area contributed by atoms with Crippen molar-refractivity contribution in [1.82, 2.24) is 0 Å². The summed E-state index contributed by atoms with van der Waals surface area (Å²) >= 11 is 5.79. The van der Waals surface area contributed by atoms with Crippen LogP contribution in [0.1, 0.15) is 29.2 Å². The molecule has 21 heavy (non-hydrogen) atoms. The summed E-state index contributed by atoms with van der Waals surface area (Å²) in [6.45, 7) is 0.756. The molecule has 0 saturated heterocycles. The molecular weight excluding hydrogens is 289 g/mol. The molecule has 0 aliphatic carbocycles. The molecule has 1 aliphatic heterocycles. The van der Waals surface area contributed by atoms with Crippen molar-refractivity contribution in [2.75, 3.05) is 6.61 Å². The second kappa shape index (κ2) is 6.04. The number of fused-ring (bicyclic) bond motifs is 1. The van der Waals surface area contributed by atoms with Crippen LogP contribution < -0.4 is 10.5 Å². The highest BCUT2D eigenvalue weighted by atomic mass is 35.5. The standard InChI is InChI=1S/C17H17ClFNO/c18-14-3-1-2-13(17(14)19)15(20)6-4-11-5-7-16-12(10-11)8-9-21-16/h1-3,5,7,10,15H,4,6,8-9,20H2. The molecule has 0 bridgehead atoms. The van der Waals surface area contributed by atoms with Gasteiger partial charge in [-0.05, 0) is 36.1 Å². The zero-order valence-corrected chi connectivity index (χ0v) is 12.4. The van der Waals surface area contributed by atoms with Gasteiger partial charge in [-0.25, -0.2) is 4.39 Å². The predicted molar refractivity (Wildman–Crippen MR) is 82.3 cm³/mol. The third-order valence-electron chi connectivity index (χ3n) is 3.88. The van der Waals surface area contributed by atoms with Crippen LogP contribution in [0.3, 0.4) is 0 Å². The normalized spacial score (nSPS) is 14.6. The molecule has 0 spiro atoms. The molecule has 0 aromatic heterocycles. The second-order valence-electron chi connectivity index (χ2n) is 5.33. The zero-order chi connectivity index (χ0) is 14.8. The van der Waals surface area contributed by atoms with Gasteiger partial charge in [-0.15, -0.1) is 0 Å². The highest BCUT2D eigenvalue weighted by Gasteiger charge is 2.15. The van der Waals surface area contributed by atoms with Crippen molar-refractivity contribution in [3.8, 4) is 5.75 Å². The number of aryl methyl sites for hydroxylation is 1. The Balaban J connectivity index is 1.68. The Hall–Kier alpha value is -1.58. The number of halogens is 2. The zero-order valence-electron chi connectivity index (χ0n) is 11.6. The van der Waals surface area contributed by atoms with E-state index in [9.17, 15) is 4.39 Å². The van der Waals surface area contributed by atoms with E-state index in [0.29, 0.717) is 12.0 Å². The first-order valence-corrected chi connectivity index (χ1v) is 7.47. The Bertz CT molecular complexity index is 659. The van der Waals surface area contributed by atoms with Crippen molar-refractivity contribution in [2.45, 2.75) is 25.3 Å². The minimum Gasteiger partial charge on any atom is -0.493 e. The SMILES string of the molecule is NC(CCc1ccc2c(c1)CCO2)c1cccc(Cl)c1F. The van der Waals surface area contributed by atoms with E-state index in [1.54, 1.807) is 12.1 Å². The summed E-state index contributed by atoms with van der Waals surface area (Å²) in [5.74, 6) is 0.568. The summed E-state index contributed by atoms with van der Waals surface area (Å²) in [5, 5.41) is 0.123. The van der Waals surface area contributed by atoms with Crippen LogP contribution in [0.25, 0.3) is 0 Å². The van der Waals surface area contributed by atoms with Gasteiger partial charge in [-0.3, -0.25) is 0 Å². The molecule has 0 fully saturated rings. The average Bonchev–Trinajstić information content (AvgIpc) is 2.95. The quantitative estimate of drug-likeness (QED) is 0.925. The monoisotopic (exact) mass is 305 g/mol. The number of hydrogen-bond donors (Lipinski definition) is 1. The number of ether oxygens (including phenoxy) is 1. The minimum absolute atomic E-state index is 0.123. The number of nitrogens with two attached hydrogens (primary N) is 1. The Kier molecular flexibility index (Phi) is 4.13. The fraction of sp³-hybridized carbons (Fsp3) is 0.294. The van der Waals surface area contributed by atoms with Gasteiger partial charge in [0.2, 0.25) is 0 Å². The van der Waals surface area contributed by atoms with Crippen LogP contribution in [0, 0.1) is 5.82 Å². The van der Waals surface area contributed by atoms with Crippen molar-refractivity contribution in [3.63, 3.8) is 0 Å². The molecule has 110 valence electrons. The summed E-state index contributed by atoms with van der Waals surface area (Å²) in [7, 11) is 0. The topological polar surface area (TPSA) is 35.2 Å². The fourth-order valence-electron chi connectivity index (χ4n) is 2.68. The molecule has 0 saturated carbocycles. The second-order valence-corrected chi connectivity index (χ2v) is 5.74. The van der Waals surface area contributed by atoms with Gasteiger partial charge in [0, 0.05) is 18.0 Å². The third-order valence-corrected chi connectivity index (χ3v) is 4.17.